The molecule has 3 aromatic rings. The zero-order valence-electron chi connectivity index (χ0n) is 14.6. The summed E-state index contributed by atoms with van der Waals surface area (Å²) in [4.78, 5) is 4.31. The molecular formula is C18H15F3N2O3S2. The number of hydrogen-bond acceptors (Lipinski definition) is 5. The van der Waals surface area contributed by atoms with Gasteiger partial charge in [0.05, 0.1) is 11.4 Å². The summed E-state index contributed by atoms with van der Waals surface area (Å²) >= 11 is -0.233. The highest BCUT2D eigenvalue weighted by Crippen LogP contribution is 2.43. The molecule has 0 radical (unpaired) electrons. The second-order valence-corrected chi connectivity index (χ2v) is 9.55. The highest BCUT2D eigenvalue weighted by atomic mass is 32.2. The molecule has 0 amide bonds. The van der Waals surface area contributed by atoms with Crippen LogP contribution < -0.4 is 4.31 Å². The van der Waals surface area contributed by atoms with Gasteiger partial charge in [-0.05, 0) is 48.5 Å². The first-order valence-electron chi connectivity index (χ1n) is 8.44. The van der Waals surface area contributed by atoms with Gasteiger partial charge >= 0.3 is 5.51 Å². The van der Waals surface area contributed by atoms with Crippen LogP contribution in [0.15, 0.2) is 51.8 Å². The highest BCUT2D eigenvalue weighted by Gasteiger charge is 2.40. The first-order chi connectivity index (χ1) is 13.2. The maximum atomic E-state index is 12.7. The number of anilines is 1. The Bertz CT molecular complexity index is 1140. The van der Waals surface area contributed by atoms with Crippen LogP contribution in [-0.2, 0) is 16.4 Å². The summed E-state index contributed by atoms with van der Waals surface area (Å²) in [5, 5.41) is 0. The minimum absolute atomic E-state index is 0.00686. The van der Waals surface area contributed by atoms with E-state index in [-0.39, 0.29) is 33.8 Å². The monoisotopic (exact) mass is 428 g/mol. The summed E-state index contributed by atoms with van der Waals surface area (Å²) in [5.41, 5.74) is -2.41. The lowest BCUT2D eigenvalue weighted by atomic mass is 10.1. The molecule has 148 valence electrons. The molecule has 0 aliphatic carbocycles. The van der Waals surface area contributed by atoms with Gasteiger partial charge in [-0.1, -0.05) is 18.2 Å². The molecule has 0 N–H and O–H groups in total. The molecule has 1 aliphatic heterocycles. The zero-order chi connectivity index (χ0) is 20.1. The number of aromatic nitrogens is 1. The highest BCUT2D eigenvalue weighted by molar-refractivity contribution is 8.00. The topological polar surface area (TPSA) is 63.4 Å². The summed E-state index contributed by atoms with van der Waals surface area (Å²) in [7, 11) is -3.60. The maximum Gasteiger partial charge on any atom is 0.446 e. The van der Waals surface area contributed by atoms with E-state index in [1.165, 1.54) is 22.5 Å². The Labute approximate surface area is 163 Å². The lowest BCUT2D eigenvalue weighted by Crippen LogP contribution is -2.33. The number of thioether (sulfide) groups is 1. The molecule has 28 heavy (non-hydrogen) atoms. The van der Waals surface area contributed by atoms with E-state index in [2.05, 4.69) is 4.98 Å². The van der Waals surface area contributed by atoms with Crippen LogP contribution in [0.5, 0.6) is 0 Å². The maximum absolute atomic E-state index is 12.7. The molecular weight excluding hydrogens is 413 g/mol. The molecule has 1 atom stereocenters. The molecule has 1 aromatic heterocycles. The van der Waals surface area contributed by atoms with Crippen molar-refractivity contribution in [3.63, 3.8) is 0 Å². The number of sulfonamides is 1. The molecule has 1 unspecified atom stereocenters. The Balaban J connectivity index is 1.76. The van der Waals surface area contributed by atoms with Gasteiger partial charge in [0, 0.05) is 11.3 Å². The van der Waals surface area contributed by atoms with Crippen molar-refractivity contribution in [2.45, 2.75) is 29.8 Å². The van der Waals surface area contributed by atoms with Crippen LogP contribution in [0, 0.1) is 0 Å². The van der Waals surface area contributed by atoms with Crippen molar-refractivity contribution >= 4 is 38.6 Å². The van der Waals surface area contributed by atoms with Crippen molar-refractivity contribution in [1.29, 1.82) is 0 Å². The second kappa shape index (κ2) is 6.70. The first-order valence-corrected chi connectivity index (χ1v) is 10.9. The number of alkyl halides is 3. The normalized spacial score (nSPS) is 17.3. The Hall–Kier alpha value is -2.20. The fraction of sp³-hybridized carbons (Fsp3) is 0.278. The molecule has 2 heterocycles. The molecule has 0 saturated heterocycles. The van der Waals surface area contributed by atoms with E-state index < -0.39 is 21.6 Å². The van der Waals surface area contributed by atoms with Crippen LogP contribution in [0.3, 0.4) is 0 Å². The van der Waals surface area contributed by atoms with Crippen LogP contribution in [0.1, 0.15) is 24.4 Å². The predicted octanol–water partition coefficient (Wildman–Crippen LogP) is 4.89. The van der Waals surface area contributed by atoms with Crippen LogP contribution >= 0.6 is 11.8 Å². The molecule has 1 aliphatic rings. The molecule has 0 spiro atoms. The van der Waals surface area contributed by atoms with E-state index in [9.17, 15) is 21.6 Å². The summed E-state index contributed by atoms with van der Waals surface area (Å²) < 4.78 is 70.3. The molecule has 5 nitrogen and oxygen atoms in total. The SMILES string of the molecule is CCS(=O)(=O)N1c2ccccc2CC1c1nc2cc(SC(F)(F)F)ccc2o1. The number of hydrogen-bond donors (Lipinski definition) is 0. The van der Waals surface area contributed by atoms with Crippen LogP contribution in [0.25, 0.3) is 11.1 Å². The first kappa shape index (κ1) is 19.1. The Kier molecular flexibility index (Phi) is 4.58. The molecule has 4 rings (SSSR count). The number of nitrogens with zero attached hydrogens (tertiary/aromatic N) is 2. The van der Waals surface area contributed by atoms with Crippen molar-refractivity contribution in [2.24, 2.45) is 0 Å². The third-order valence-corrected chi connectivity index (χ3v) is 6.99. The van der Waals surface area contributed by atoms with Crippen molar-refractivity contribution in [1.82, 2.24) is 4.98 Å². The Morgan fingerprint density at radius 2 is 2.00 bits per heavy atom. The number of oxazole rings is 1. The van der Waals surface area contributed by atoms with Gasteiger partial charge in [-0.2, -0.15) is 13.2 Å². The summed E-state index contributed by atoms with van der Waals surface area (Å²) in [6, 6.07) is 10.5. The number of benzene rings is 2. The third kappa shape index (κ3) is 3.46. The standard InChI is InChI=1S/C18H15F3N2O3S2/c1-2-28(24,25)23-14-6-4-3-5-11(14)9-15(23)17-22-13-10-12(27-18(19,20)21)7-8-16(13)26-17/h3-8,10,15H,2,9H2,1H3. The minimum Gasteiger partial charge on any atom is -0.438 e. The Morgan fingerprint density at radius 3 is 2.71 bits per heavy atom. The number of rotatable bonds is 4. The molecule has 0 bridgehead atoms. The zero-order valence-corrected chi connectivity index (χ0v) is 16.2. The summed E-state index contributed by atoms with van der Waals surface area (Å²) in [5.74, 6) is 0.0714. The van der Waals surface area contributed by atoms with Gasteiger partial charge in [-0.25, -0.2) is 13.4 Å². The lowest BCUT2D eigenvalue weighted by Gasteiger charge is -2.24. The Morgan fingerprint density at radius 1 is 1.25 bits per heavy atom. The van der Waals surface area contributed by atoms with Crippen molar-refractivity contribution in [3.8, 4) is 0 Å². The van der Waals surface area contributed by atoms with Gasteiger partial charge in [0.15, 0.2) is 5.58 Å². The van der Waals surface area contributed by atoms with Gasteiger partial charge in [-0.15, -0.1) is 0 Å². The second-order valence-electron chi connectivity index (χ2n) is 6.27. The van der Waals surface area contributed by atoms with Crippen LogP contribution in [-0.4, -0.2) is 24.7 Å². The fourth-order valence-electron chi connectivity index (χ4n) is 3.29. The van der Waals surface area contributed by atoms with Gasteiger partial charge in [0.2, 0.25) is 15.9 Å². The smallest absolute Gasteiger partial charge is 0.438 e. The summed E-state index contributed by atoms with van der Waals surface area (Å²) in [6.45, 7) is 1.56. The van der Waals surface area contributed by atoms with Crippen molar-refractivity contribution in [2.75, 3.05) is 10.1 Å². The molecule has 2 aromatic carbocycles. The van der Waals surface area contributed by atoms with E-state index in [0.717, 1.165) is 5.56 Å². The van der Waals surface area contributed by atoms with Gasteiger partial charge < -0.3 is 4.42 Å². The lowest BCUT2D eigenvalue weighted by molar-refractivity contribution is -0.0328. The van der Waals surface area contributed by atoms with E-state index in [1.54, 1.807) is 19.1 Å². The van der Waals surface area contributed by atoms with Crippen LogP contribution in [0.2, 0.25) is 0 Å². The molecule has 10 heteroatoms. The van der Waals surface area contributed by atoms with Gasteiger partial charge in [0.25, 0.3) is 0 Å². The summed E-state index contributed by atoms with van der Waals surface area (Å²) in [6.07, 6.45) is 0.381. The number of halogens is 3. The number of fused-ring (bicyclic) bond motifs is 2. The predicted molar refractivity (Wildman–Crippen MR) is 101 cm³/mol. The molecule has 0 fully saturated rings. The van der Waals surface area contributed by atoms with E-state index in [4.69, 9.17) is 4.42 Å². The largest absolute Gasteiger partial charge is 0.446 e. The van der Waals surface area contributed by atoms with E-state index >= 15 is 0 Å². The third-order valence-electron chi connectivity index (χ3n) is 4.48. The minimum atomic E-state index is -4.40. The quantitative estimate of drug-likeness (QED) is 0.554. The molecule has 0 saturated carbocycles. The fourth-order valence-corrected chi connectivity index (χ4v) is 5.17. The van der Waals surface area contributed by atoms with E-state index in [1.807, 2.05) is 12.1 Å². The average molecular weight is 428 g/mol. The van der Waals surface area contributed by atoms with Crippen molar-refractivity contribution < 1.29 is 26.0 Å². The van der Waals surface area contributed by atoms with Gasteiger partial charge in [-0.3, -0.25) is 4.31 Å². The number of para-hydroxylation sites is 1. The van der Waals surface area contributed by atoms with Crippen LogP contribution in [0.4, 0.5) is 18.9 Å². The van der Waals surface area contributed by atoms with Crippen molar-refractivity contribution in [3.05, 3.63) is 53.9 Å². The van der Waals surface area contributed by atoms with Gasteiger partial charge in [0.1, 0.15) is 11.6 Å². The van der Waals surface area contributed by atoms with E-state index in [0.29, 0.717) is 17.7 Å². The average Bonchev–Trinajstić information content (AvgIpc) is 3.21.